The van der Waals surface area contributed by atoms with Gasteiger partial charge in [0.05, 0.1) is 19.8 Å². The Balaban J connectivity index is 4.52. The van der Waals surface area contributed by atoms with Gasteiger partial charge in [-0.3, -0.25) is 18.6 Å². The number of allylic oxidation sites excluding steroid dienone is 14. The largest absolute Gasteiger partial charge is 0.472 e. The van der Waals surface area contributed by atoms with Crippen LogP contribution in [0.15, 0.2) is 85.1 Å². The summed E-state index contributed by atoms with van der Waals surface area (Å²) in [6.45, 7) is 2.19. The van der Waals surface area contributed by atoms with Gasteiger partial charge in [-0.1, -0.05) is 125 Å². The fourth-order valence-electron chi connectivity index (χ4n) is 4.81. The minimum atomic E-state index is -4.64. The van der Waals surface area contributed by atoms with Crippen molar-refractivity contribution in [1.29, 1.82) is 0 Å². The van der Waals surface area contributed by atoms with Crippen LogP contribution in [0.4, 0.5) is 0 Å². The smallest absolute Gasteiger partial charge is 0.462 e. The lowest BCUT2D eigenvalue weighted by Gasteiger charge is -2.20. The van der Waals surface area contributed by atoms with Gasteiger partial charge >= 0.3 is 19.8 Å². The lowest BCUT2D eigenvalue weighted by atomic mass is 10.1. The molecular weight excluding hydrogens is 719 g/mol. The quantitative estimate of drug-likeness (QED) is 0.0240. The molecule has 11 heteroatoms. The predicted molar refractivity (Wildman–Crippen MR) is 223 cm³/mol. The van der Waals surface area contributed by atoms with Crippen LogP contribution in [-0.4, -0.2) is 65.7 Å². The second kappa shape index (κ2) is 39.4. The first kappa shape index (κ1) is 52.2. The van der Waals surface area contributed by atoms with Crippen molar-refractivity contribution < 1.29 is 47.8 Å². The summed E-state index contributed by atoms with van der Waals surface area (Å²) < 4.78 is 32.5. The average Bonchev–Trinajstić information content (AvgIpc) is 3.17. The minimum Gasteiger partial charge on any atom is -0.462 e. The maximum atomic E-state index is 12.6. The molecule has 0 aromatic heterocycles. The molecule has 0 amide bonds. The Morgan fingerprint density at radius 3 is 1.40 bits per heavy atom. The van der Waals surface area contributed by atoms with Crippen molar-refractivity contribution in [3.8, 4) is 0 Å². The number of esters is 2. The summed E-state index contributed by atoms with van der Waals surface area (Å²) in [4.78, 5) is 34.9. The maximum Gasteiger partial charge on any atom is 0.472 e. The van der Waals surface area contributed by atoms with Crippen molar-refractivity contribution in [3.63, 3.8) is 0 Å². The Kier molecular flexibility index (Phi) is 37.3. The van der Waals surface area contributed by atoms with E-state index in [0.717, 1.165) is 57.8 Å². The molecule has 0 aliphatic heterocycles. The van der Waals surface area contributed by atoms with Gasteiger partial charge in [-0.2, -0.15) is 0 Å². The van der Waals surface area contributed by atoms with E-state index in [9.17, 15) is 24.2 Å². The Bertz CT molecular complexity index is 1190. The number of unbranched alkanes of at least 4 members (excludes halogenated alkanes) is 9. The van der Waals surface area contributed by atoms with Gasteiger partial charge in [0.2, 0.25) is 0 Å². The number of aliphatic hydroxyl groups excluding tert-OH is 2. The number of phosphoric ester groups is 1. The summed E-state index contributed by atoms with van der Waals surface area (Å²) in [6, 6.07) is 0. The molecule has 0 saturated carbocycles. The lowest BCUT2D eigenvalue weighted by Crippen LogP contribution is -2.29. The number of hydrogen-bond acceptors (Lipinski definition) is 9. The number of hydrogen-bond donors (Lipinski definition) is 3. The summed E-state index contributed by atoms with van der Waals surface area (Å²) in [5, 5.41) is 18.3. The summed E-state index contributed by atoms with van der Waals surface area (Å²) in [7, 11) is -4.64. The van der Waals surface area contributed by atoms with E-state index in [4.69, 9.17) is 19.1 Å². The van der Waals surface area contributed by atoms with E-state index in [1.165, 1.54) is 38.5 Å². The van der Waals surface area contributed by atoms with Crippen molar-refractivity contribution in [3.05, 3.63) is 85.1 Å². The van der Waals surface area contributed by atoms with Gasteiger partial charge in [0, 0.05) is 12.8 Å². The zero-order valence-corrected chi connectivity index (χ0v) is 34.7. The summed E-state index contributed by atoms with van der Waals surface area (Å²) in [6.07, 6.45) is 45.6. The number of carbonyl (C=O) groups excluding carboxylic acids is 2. The van der Waals surface area contributed by atoms with Crippen LogP contribution in [0, 0.1) is 0 Å². The fourth-order valence-corrected chi connectivity index (χ4v) is 5.60. The second-order valence-corrected chi connectivity index (χ2v) is 14.8. The highest BCUT2D eigenvalue weighted by Gasteiger charge is 2.27. The first-order valence-corrected chi connectivity index (χ1v) is 22.0. The molecule has 3 N–H and O–H groups in total. The Morgan fingerprint density at radius 1 is 0.545 bits per heavy atom. The van der Waals surface area contributed by atoms with Gasteiger partial charge in [-0.25, -0.2) is 4.57 Å². The van der Waals surface area contributed by atoms with E-state index in [2.05, 4.69) is 91.3 Å². The number of rotatable bonds is 37. The van der Waals surface area contributed by atoms with E-state index in [0.29, 0.717) is 19.3 Å². The van der Waals surface area contributed by atoms with Crippen LogP contribution in [0.2, 0.25) is 0 Å². The molecule has 3 atom stereocenters. The first-order chi connectivity index (χ1) is 26.7. The zero-order chi connectivity index (χ0) is 40.5. The monoisotopic (exact) mass is 792 g/mol. The molecule has 0 rings (SSSR count). The van der Waals surface area contributed by atoms with E-state index >= 15 is 0 Å². The van der Waals surface area contributed by atoms with Crippen LogP contribution in [0.25, 0.3) is 0 Å². The highest BCUT2D eigenvalue weighted by Crippen LogP contribution is 2.43. The molecule has 314 valence electrons. The molecular formula is C44H73O10P. The Hall–Kier alpha value is -2.85. The van der Waals surface area contributed by atoms with Crippen molar-refractivity contribution in [2.45, 2.75) is 154 Å². The molecule has 0 radical (unpaired) electrons. The van der Waals surface area contributed by atoms with Crippen molar-refractivity contribution in [2.24, 2.45) is 0 Å². The third-order valence-electron chi connectivity index (χ3n) is 8.02. The van der Waals surface area contributed by atoms with Crippen LogP contribution in [0.5, 0.6) is 0 Å². The molecule has 0 spiro atoms. The molecule has 1 unspecified atom stereocenters. The van der Waals surface area contributed by atoms with Gasteiger partial charge in [0.15, 0.2) is 6.10 Å². The molecule has 0 bridgehead atoms. The van der Waals surface area contributed by atoms with E-state index in [1.807, 2.05) is 12.2 Å². The SMILES string of the molecule is CCCCC/C=C\C/C=C\C/C=C\C/C=C\CCCC(=O)O[C@H](COC(=O)CCCC/C=C\C/C=C\C/C=C\CCCCC)COP(=O)(O)OC[C@@H](O)CO. The maximum absolute atomic E-state index is 12.6. The third-order valence-corrected chi connectivity index (χ3v) is 8.97. The van der Waals surface area contributed by atoms with Gasteiger partial charge in [-0.15, -0.1) is 0 Å². The molecule has 0 aliphatic rings. The van der Waals surface area contributed by atoms with Crippen LogP contribution < -0.4 is 0 Å². The normalized spacial score (nSPS) is 14.8. The van der Waals surface area contributed by atoms with Crippen LogP contribution in [-0.2, 0) is 32.7 Å². The fraction of sp³-hybridized carbons (Fsp3) is 0.636. The zero-order valence-electron chi connectivity index (χ0n) is 33.9. The molecule has 55 heavy (non-hydrogen) atoms. The van der Waals surface area contributed by atoms with Gasteiger partial charge in [-0.05, 0) is 89.9 Å². The third kappa shape index (κ3) is 39.2. The summed E-state index contributed by atoms with van der Waals surface area (Å²) >= 11 is 0. The predicted octanol–water partition coefficient (Wildman–Crippen LogP) is 10.7. The second-order valence-electron chi connectivity index (χ2n) is 13.3. The van der Waals surface area contributed by atoms with Gasteiger partial charge in [0.1, 0.15) is 12.7 Å². The Morgan fingerprint density at radius 2 is 0.945 bits per heavy atom. The number of carbonyl (C=O) groups is 2. The van der Waals surface area contributed by atoms with Crippen LogP contribution in [0.3, 0.4) is 0 Å². The highest BCUT2D eigenvalue weighted by molar-refractivity contribution is 7.47. The molecule has 0 heterocycles. The first-order valence-electron chi connectivity index (χ1n) is 20.5. The number of aliphatic hydroxyl groups is 2. The van der Waals surface area contributed by atoms with Gasteiger partial charge < -0.3 is 24.6 Å². The lowest BCUT2D eigenvalue weighted by molar-refractivity contribution is -0.161. The van der Waals surface area contributed by atoms with E-state index in [1.54, 1.807) is 0 Å². The molecule has 10 nitrogen and oxygen atoms in total. The molecule has 0 aromatic carbocycles. The van der Waals surface area contributed by atoms with E-state index < -0.39 is 51.8 Å². The average molecular weight is 793 g/mol. The van der Waals surface area contributed by atoms with Gasteiger partial charge in [0.25, 0.3) is 0 Å². The van der Waals surface area contributed by atoms with Crippen molar-refractivity contribution >= 4 is 19.8 Å². The van der Waals surface area contributed by atoms with Crippen LogP contribution in [0.1, 0.15) is 142 Å². The molecule has 0 aromatic rings. The number of ether oxygens (including phenoxy) is 2. The molecule has 0 aliphatic carbocycles. The molecule has 0 saturated heterocycles. The standard InChI is InChI=1S/C44H73O10P/c1-3-5-7-9-11-13-15-17-19-20-22-24-26-28-30-32-34-36-44(48)54-42(40-53-55(49,50)52-38-41(46)37-45)39-51-43(47)35-33-31-29-27-25-23-21-18-16-14-12-10-8-6-4-2/h11-14,17-19,21-22,24-25,27-28,30,41-42,45-46H,3-10,15-16,20,23,26,29,31-40H2,1-2H3,(H,49,50)/b13-11-,14-12-,19-17-,21-18-,24-22-,27-25-,30-28-/t41-,42+/m0/s1. The highest BCUT2D eigenvalue weighted by atomic mass is 31.2. The number of phosphoric acid groups is 1. The van der Waals surface area contributed by atoms with Crippen molar-refractivity contribution in [1.82, 2.24) is 0 Å². The summed E-state index contributed by atoms with van der Waals surface area (Å²) in [5.41, 5.74) is 0. The van der Waals surface area contributed by atoms with Crippen molar-refractivity contribution in [2.75, 3.05) is 26.4 Å². The van der Waals surface area contributed by atoms with E-state index in [-0.39, 0.29) is 19.4 Å². The van der Waals surface area contributed by atoms with Crippen LogP contribution >= 0.6 is 7.82 Å². The molecule has 0 fully saturated rings. The minimum absolute atomic E-state index is 0.0952. The topological polar surface area (TPSA) is 149 Å². The summed E-state index contributed by atoms with van der Waals surface area (Å²) in [5.74, 6) is -1.05. The Labute approximate surface area is 332 Å².